The number of carboxylic acid groups (broad SMARTS) is 1. The summed E-state index contributed by atoms with van der Waals surface area (Å²) < 4.78 is 0. The van der Waals surface area contributed by atoms with E-state index in [0.717, 1.165) is 5.75 Å². The average Bonchev–Trinajstić information content (AvgIpc) is 2.21. The van der Waals surface area contributed by atoms with E-state index < -0.39 is 12.0 Å². The lowest BCUT2D eigenvalue weighted by molar-refractivity contribution is -0.141. The first-order valence-electron chi connectivity index (χ1n) is 6.02. The molecule has 0 fully saturated rings. The van der Waals surface area contributed by atoms with Crippen LogP contribution < -0.4 is 10.6 Å². The fourth-order valence-corrected chi connectivity index (χ4v) is 1.78. The van der Waals surface area contributed by atoms with E-state index in [-0.39, 0.29) is 11.4 Å². The highest BCUT2D eigenvalue weighted by molar-refractivity contribution is 7.98. The number of thioether (sulfide) groups is 1. The van der Waals surface area contributed by atoms with Crippen molar-refractivity contribution in [3.05, 3.63) is 0 Å². The molecule has 0 spiro atoms. The number of rotatable bonds is 8. The molecule has 6 heteroatoms. The Morgan fingerprint density at radius 1 is 1.33 bits per heavy atom. The third-order valence-corrected chi connectivity index (χ3v) is 2.90. The van der Waals surface area contributed by atoms with Crippen molar-refractivity contribution in [3.8, 4) is 0 Å². The monoisotopic (exact) mass is 276 g/mol. The summed E-state index contributed by atoms with van der Waals surface area (Å²) in [7, 11) is 0. The Hall–Kier alpha value is -0.750. The molecular formula is C12H24N2O3S. The molecule has 0 aromatic rings. The van der Waals surface area contributed by atoms with E-state index in [1.807, 2.05) is 27.0 Å². The summed E-state index contributed by atoms with van der Waals surface area (Å²) >= 11 is 1.57. The van der Waals surface area contributed by atoms with Crippen molar-refractivity contribution < 1.29 is 14.7 Å². The van der Waals surface area contributed by atoms with Crippen LogP contribution in [0, 0.1) is 0 Å². The summed E-state index contributed by atoms with van der Waals surface area (Å²) in [6, 6.07) is -0.778. The highest BCUT2D eigenvalue weighted by Gasteiger charge is 2.19. The van der Waals surface area contributed by atoms with Gasteiger partial charge in [0, 0.05) is 18.5 Å². The fourth-order valence-electron chi connectivity index (χ4n) is 1.31. The van der Waals surface area contributed by atoms with Crippen molar-refractivity contribution in [2.45, 2.75) is 45.2 Å². The third kappa shape index (κ3) is 9.30. The molecule has 0 rings (SSSR count). The van der Waals surface area contributed by atoms with Gasteiger partial charge in [0.1, 0.15) is 6.04 Å². The highest BCUT2D eigenvalue weighted by Crippen LogP contribution is 2.02. The number of hydrogen-bond acceptors (Lipinski definition) is 4. The van der Waals surface area contributed by atoms with Gasteiger partial charge in [0.05, 0.1) is 0 Å². The number of carbonyl (C=O) groups is 2. The van der Waals surface area contributed by atoms with Crippen molar-refractivity contribution in [1.29, 1.82) is 0 Å². The average molecular weight is 276 g/mol. The second-order valence-corrected chi connectivity index (χ2v) is 6.15. The smallest absolute Gasteiger partial charge is 0.326 e. The van der Waals surface area contributed by atoms with E-state index in [2.05, 4.69) is 10.6 Å². The summed E-state index contributed by atoms with van der Waals surface area (Å²) in [5, 5.41) is 14.7. The van der Waals surface area contributed by atoms with Crippen LogP contribution in [0.25, 0.3) is 0 Å². The van der Waals surface area contributed by atoms with Crippen molar-refractivity contribution in [2.24, 2.45) is 0 Å². The molecule has 0 saturated heterocycles. The minimum absolute atomic E-state index is 0.0364. The summed E-state index contributed by atoms with van der Waals surface area (Å²) in [5.41, 5.74) is -0.0364. The summed E-state index contributed by atoms with van der Waals surface area (Å²) in [6.45, 7) is 6.60. The van der Waals surface area contributed by atoms with Crippen LogP contribution in [0.3, 0.4) is 0 Å². The standard InChI is InChI=1S/C12H24N2O3S/c1-12(2,3)13-7-5-10(15)14-9(11(16)17)6-8-18-4/h9,13H,5-8H2,1-4H3,(H,14,15)(H,16,17)/t9-/m0/s1. The van der Waals surface area contributed by atoms with E-state index in [0.29, 0.717) is 19.4 Å². The first kappa shape index (κ1) is 17.2. The molecule has 1 atom stereocenters. The van der Waals surface area contributed by atoms with Crippen molar-refractivity contribution in [2.75, 3.05) is 18.6 Å². The molecule has 5 nitrogen and oxygen atoms in total. The van der Waals surface area contributed by atoms with Gasteiger partial charge in [-0.05, 0) is 39.2 Å². The molecule has 3 N–H and O–H groups in total. The zero-order valence-electron chi connectivity index (χ0n) is 11.6. The molecular weight excluding hydrogens is 252 g/mol. The Morgan fingerprint density at radius 3 is 2.39 bits per heavy atom. The first-order valence-corrected chi connectivity index (χ1v) is 7.42. The van der Waals surface area contributed by atoms with Crippen LogP contribution in [0.1, 0.15) is 33.6 Å². The molecule has 0 radical (unpaired) electrons. The van der Waals surface area contributed by atoms with Crippen molar-refractivity contribution in [1.82, 2.24) is 10.6 Å². The Labute approximate surface area is 113 Å². The second-order valence-electron chi connectivity index (χ2n) is 5.17. The van der Waals surface area contributed by atoms with Gasteiger partial charge in [0.2, 0.25) is 5.91 Å². The van der Waals surface area contributed by atoms with E-state index in [1.54, 1.807) is 11.8 Å². The van der Waals surface area contributed by atoms with Crippen LogP contribution in [-0.4, -0.2) is 47.1 Å². The van der Waals surface area contributed by atoms with Crippen LogP contribution in [0.15, 0.2) is 0 Å². The van der Waals surface area contributed by atoms with E-state index >= 15 is 0 Å². The third-order valence-electron chi connectivity index (χ3n) is 2.25. The summed E-state index contributed by atoms with van der Waals surface area (Å²) in [4.78, 5) is 22.5. The highest BCUT2D eigenvalue weighted by atomic mass is 32.2. The molecule has 0 unspecified atom stereocenters. The molecule has 0 aromatic heterocycles. The zero-order chi connectivity index (χ0) is 14.2. The quantitative estimate of drug-likeness (QED) is 0.618. The number of carboxylic acids is 1. The number of nitrogens with one attached hydrogen (secondary N) is 2. The van der Waals surface area contributed by atoms with E-state index in [4.69, 9.17) is 5.11 Å². The SMILES string of the molecule is CSCC[C@H](NC(=O)CCNC(C)(C)C)C(=O)O. The predicted molar refractivity (Wildman–Crippen MR) is 74.9 cm³/mol. The van der Waals surface area contributed by atoms with Gasteiger partial charge in [-0.15, -0.1) is 0 Å². The number of amides is 1. The van der Waals surface area contributed by atoms with Gasteiger partial charge in [-0.1, -0.05) is 0 Å². The maximum absolute atomic E-state index is 11.6. The van der Waals surface area contributed by atoms with Gasteiger partial charge in [0.15, 0.2) is 0 Å². The van der Waals surface area contributed by atoms with Gasteiger partial charge in [-0.2, -0.15) is 11.8 Å². The molecule has 18 heavy (non-hydrogen) atoms. The van der Waals surface area contributed by atoms with E-state index in [9.17, 15) is 9.59 Å². The molecule has 0 aromatic carbocycles. The minimum Gasteiger partial charge on any atom is -0.480 e. The lowest BCUT2D eigenvalue weighted by atomic mass is 10.1. The number of carbonyl (C=O) groups excluding carboxylic acids is 1. The lowest BCUT2D eigenvalue weighted by Crippen LogP contribution is -2.43. The van der Waals surface area contributed by atoms with Crippen molar-refractivity contribution >= 4 is 23.6 Å². The number of hydrogen-bond donors (Lipinski definition) is 3. The molecule has 0 bridgehead atoms. The Morgan fingerprint density at radius 2 is 1.94 bits per heavy atom. The largest absolute Gasteiger partial charge is 0.480 e. The van der Waals surface area contributed by atoms with Gasteiger partial charge in [-0.3, -0.25) is 4.79 Å². The van der Waals surface area contributed by atoms with Crippen LogP contribution in [0.2, 0.25) is 0 Å². The predicted octanol–water partition coefficient (Wildman–Crippen LogP) is 1.09. The van der Waals surface area contributed by atoms with Crippen LogP contribution in [0.5, 0.6) is 0 Å². The van der Waals surface area contributed by atoms with Crippen LogP contribution >= 0.6 is 11.8 Å². The minimum atomic E-state index is -0.971. The fraction of sp³-hybridized carbons (Fsp3) is 0.833. The molecule has 0 heterocycles. The van der Waals surface area contributed by atoms with Gasteiger partial charge < -0.3 is 15.7 Å². The lowest BCUT2D eigenvalue weighted by Gasteiger charge is -2.20. The Kier molecular flexibility index (Phi) is 8.02. The molecule has 106 valence electrons. The summed E-state index contributed by atoms with van der Waals surface area (Å²) in [5.74, 6) is -0.473. The Balaban J connectivity index is 3.99. The molecule has 0 aliphatic carbocycles. The van der Waals surface area contributed by atoms with Crippen LogP contribution in [0.4, 0.5) is 0 Å². The van der Waals surface area contributed by atoms with Gasteiger partial charge in [0.25, 0.3) is 0 Å². The molecule has 0 saturated carbocycles. The first-order chi connectivity index (χ1) is 8.26. The molecule has 0 aliphatic heterocycles. The zero-order valence-corrected chi connectivity index (χ0v) is 12.4. The molecule has 0 aliphatic rings. The van der Waals surface area contributed by atoms with Crippen molar-refractivity contribution in [3.63, 3.8) is 0 Å². The summed E-state index contributed by atoms with van der Waals surface area (Å²) in [6.07, 6.45) is 2.66. The Bertz CT molecular complexity index is 277. The second kappa shape index (κ2) is 8.37. The van der Waals surface area contributed by atoms with E-state index in [1.165, 1.54) is 0 Å². The molecule has 1 amide bonds. The normalized spacial score (nSPS) is 13.1. The van der Waals surface area contributed by atoms with Gasteiger partial charge in [-0.25, -0.2) is 4.79 Å². The topological polar surface area (TPSA) is 78.4 Å². The maximum Gasteiger partial charge on any atom is 0.326 e. The van der Waals surface area contributed by atoms with Gasteiger partial charge >= 0.3 is 5.97 Å². The number of aliphatic carboxylic acids is 1. The van der Waals surface area contributed by atoms with Crippen LogP contribution in [-0.2, 0) is 9.59 Å². The maximum atomic E-state index is 11.6.